The van der Waals surface area contributed by atoms with E-state index in [9.17, 15) is 4.79 Å². The molecule has 100 valence electrons. The standard InChI is InChI=1S/C13H15N3O2S/c1-8-3-4-11(10(14)5-8)16-12(17)7-19-13-15-9(2)6-18-13/h3-6H,7,14H2,1-2H3,(H,16,17). The van der Waals surface area contributed by atoms with Crippen molar-refractivity contribution in [3.63, 3.8) is 0 Å². The first-order valence-corrected chi connectivity index (χ1v) is 6.74. The highest BCUT2D eigenvalue weighted by Crippen LogP contribution is 2.21. The van der Waals surface area contributed by atoms with E-state index in [2.05, 4.69) is 10.3 Å². The Morgan fingerprint density at radius 2 is 2.26 bits per heavy atom. The molecule has 0 spiro atoms. The van der Waals surface area contributed by atoms with Gasteiger partial charge >= 0.3 is 0 Å². The van der Waals surface area contributed by atoms with Crippen LogP contribution in [0.15, 0.2) is 34.1 Å². The Labute approximate surface area is 115 Å². The number of nitrogens with zero attached hydrogens (tertiary/aromatic N) is 1. The third kappa shape index (κ3) is 3.75. The number of hydrogen-bond donors (Lipinski definition) is 2. The summed E-state index contributed by atoms with van der Waals surface area (Å²) in [5.41, 5.74) is 8.87. The summed E-state index contributed by atoms with van der Waals surface area (Å²) in [6.07, 6.45) is 1.55. The number of carbonyl (C=O) groups excluding carboxylic acids is 1. The van der Waals surface area contributed by atoms with Crippen molar-refractivity contribution in [3.8, 4) is 0 Å². The van der Waals surface area contributed by atoms with E-state index in [1.807, 2.05) is 26.0 Å². The SMILES string of the molecule is Cc1ccc(NC(=O)CSc2nc(C)co2)c(N)c1. The van der Waals surface area contributed by atoms with Gasteiger partial charge in [0, 0.05) is 0 Å². The lowest BCUT2D eigenvalue weighted by molar-refractivity contribution is -0.113. The largest absolute Gasteiger partial charge is 0.440 e. The maximum Gasteiger partial charge on any atom is 0.256 e. The number of aromatic nitrogens is 1. The summed E-state index contributed by atoms with van der Waals surface area (Å²) in [6, 6.07) is 5.51. The van der Waals surface area contributed by atoms with Gasteiger partial charge in [0.25, 0.3) is 5.22 Å². The normalized spacial score (nSPS) is 10.4. The zero-order valence-corrected chi connectivity index (χ0v) is 11.6. The van der Waals surface area contributed by atoms with Crippen LogP contribution in [0.5, 0.6) is 0 Å². The number of nitrogen functional groups attached to an aromatic ring is 1. The predicted octanol–water partition coefficient (Wildman–Crippen LogP) is 2.60. The summed E-state index contributed by atoms with van der Waals surface area (Å²) < 4.78 is 5.15. The van der Waals surface area contributed by atoms with Crippen LogP contribution in [-0.4, -0.2) is 16.6 Å². The Morgan fingerprint density at radius 1 is 1.47 bits per heavy atom. The van der Waals surface area contributed by atoms with Gasteiger partial charge in [-0.25, -0.2) is 4.98 Å². The minimum Gasteiger partial charge on any atom is -0.440 e. The van der Waals surface area contributed by atoms with Crippen LogP contribution >= 0.6 is 11.8 Å². The first-order valence-electron chi connectivity index (χ1n) is 5.75. The van der Waals surface area contributed by atoms with E-state index in [4.69, 9.17) is 10.2 Å². The summed E-state index contributed by atoms with van der Waals surface area (Å²) in [5.74, 6) is 0.0872. The number of thioether (sulfide) groups is 1. The lowest BCUT2D eigenvalue weighted by Gasteiger charge is -2.08. The molecule has 2 rings (SSSR count). The van der Waals surface area contributed by atoms with Crippen LogP contribution < -0.4 is 11.1 Å². The number of nitrogens with two attached hydrogens (primary N) is 1. The molecule has 6 heteroatoms. The number of rotatable bonds is 4. The van der Waals surface area contributed by atoms with E-state index in [0.717, 1.165) is 11.3 Å². The number of nitrogens with one attached hydrogen (secondary N) is 1. The fourth-order valence-corrected chi connectivity index (χ4v) is 2.16. The molecule has 0 aliphatic heterocycles. The molecule has 0 bridgehead atoms. The van der Waals surface area contributed by atoms with Gasteiger partial charge in [0.2, 0.25) is 5.91 Å². The van der Waals surface area contributed by atoms with Gasteiger partial charge in [0.05, 0.1) is 22.8 Å². The molecule has 3 N–H and O–H groups in total. The molecule has 5 nitrogen and oxygen atoms in total. The highest BCUT2D eigenvalue weighted by molar-refractivity contribution is 7.99. The fourth-order valence-electron chi connectivity index (χ4n) is 1.51. The van der Waals surface area contributed by atoms with Crippen LogP contribution in [0.3, 0.4) is 0 Å². The summed E-state index contributed by atoms with van der Waals surface area (Å²) in [4.78, 5) is 15.9. The third-order valence-corrected chi connectivity index (χ3v) is 3.25. The van der Waals surface area contributed by atoms with Gasteiger partial charge in [-0.3, -0.25) is 4.79 Å². The number of anilines is 2. The number of carbonyl (C=O) groups is 1. The van der Waals surface area contributed by atoms with Crippen molar-refractivity contribution in [2.75, 3.05) is 16.8 Å². The van der Waals surface area contributed by atoms with Crippen molar-refractivity contribution in [1.82, 2.24) is 4.98 Å². The lowest BCUT2D eigenvalue weighted by atomic mass is 10.2. The molecule has 1 aromatic carbocycles. The minimum atomic E-state index is -0.142. The van der Waals surface area contributed by atoms with Crippen molar-refractivity contribution in [3.05, 3.63) is 35.7 Å². The minimum absolute atomic E-state index is 0.142. The van der Waals surface area contributed by atoms with E-state index in [1.165, 1.54) is 11.8 Å². The highest BCUT2D eigenvalue weighted by atomic mass is 32.2. The van der Waals surface area contributed by atoms with Crippen LogP contribution in [0.4, 0.5) is 11.4 Å². The fraction of sp³-hybridized carbons (Fsp3) is 0.231. The second-order valence-corrected chi connectivity index (χ2v) is 5.11. The average molecular weight is 277 g/mol. The third-order valence-electron chi connectivity index (χ3n) is 2.41. The molecule has 0 saturated carbocycles. The molecule has 0 aliphatic rings. The number of oxazole rings is 1. The van der Waals surface area contributed by atoms with Gasteiger partial charge in [-0.05, 0) is 31.5 Å². The van der Waals surface area contributed by atoms with E-state index < -0.39 is 0 Å². The summed E-state index contributed by atoms with van der Waals surface area (Å²) in [7, 11) is 0. The second-order valence-electron chi connectivity index (χ2n) is 4.18. The van der Waals surface area contributed by atoms with Crippen LogP contribution in [0.25, 0.3) is 0 Å². The number of aryl methyl sites for hydroxylation is 2. The molecule has 0 atom stereocenters. The summed E-state index contributed by atoms with van der Waals surface area (Å²) in [5, 5.41) is 3.25. The van der Waals surface area contributed by atoms with Crippen LogP contribution in [0.1, 0.15) is 11.3 Å². The predicted molar refractivity (Wildman–Crippen MR) is 76.2 cm³/mol. The van der Waals surface area contributed by atoms with Crippen molar-refractivity contribution in [2.24, 2.45) is 0 Å². The molecule has 1 heterocycles. The van der Waals surface area contributed by atoms with E-state index in [1.54, 1.807) is 12.3 Å². The van der Waals surface area contributed by atoms with Crippen molar-refractivity contribution < 1.29 is 9.21 Å². The van der Waals surface area contributed by atoms with Gasteiger partial charge in [-0.1, -0.05) is 17.8 Å². The number of benzene rings is 1. The van der Waals surface area contributed by atoms with Gasteiger partial charge in [0.1, 0.15) is 6.26 Å². The zero-order chi connectivity index (χ0) is 13.8. The van der Waals surface area contributed by atoms with E-state index in [0.29, 0.717) is 16.6 Å². The Balaban J connectivity index is 1.90. The topological polar surface area (TPSA) is 81.2 Å². The monoisotopic (exact) mass is 277 g/mol. The molecule has 0 aliphatic carbocycles. The van der Waals surface area contributed by atoms with Gasteiger partial charge in [-0.2, -0.15) is 0 Å². The molecule has 0 fully saturated rings. The molecular formula is C13H15N3O2S. The number of amides is 1. The molecule has 19 heavy (non-hydrogen) atoms. The first kappa shape index (κ1) is 13.5. The van der Waals surface area contributed by atoms with E-state index in [-0.39, 0.29) is 11.7 Å². The van der Waals surface area contributed by atoms with Gasteiger partial charge in [-0.15, -0.1) is 0 Å². The van der Waals surface area contributed by atoms with Crippen LogP contribution in [0, 0.1) is 13.8 Å². The second kappa shape index (κ2) is 5.79. The average Bonchev–Trinajstić information content (AvgIpc) is 2.76. The Hall–Kier alpha value is -1.95. The zero-order valence-electron chi connectivity index (χ0n) is 10.8. The maximum atomic E-state index is 11.8. The van der Waals surface area contributed by atoms with E-state index >= 15 is 0 Å². The first-order chi connectivity index (χ1) is 9.04. The molecule has 1 amide bonds. The molecule has 2 aromatic rings. The molecule has 1 aromatic heterocycles. The molecule has 0 radical (unpaired) electrons. The number of hydrogen-bond acceptors (Lipinski definition) is 5. The molecule has 0 unspecified atom stereocenters. The Morgan fingerprint density at radius 3 is 2.89 bits per heavy atom. The van der Waals surface area contributed by atoms with Gasteiger partial charge < -0.3 is 15.5 Å². The highest BCUT2D eigenvalue weighted by Gasteiger charge is 2.08. The summed E-state index contributed by atoms with van der Waals surface area (Å²) in [6.45, 7) is 3.78. The lowest BCUT2D eigenvalue weighted by Crippen LogP contribution is -2.15. The Bertz CT molecular complexity index is 595. The molecule has 0 saturated heterocycles. The van der Waals surface area contributed by atoms with Gasteiger partial charge in [0.15, 0.2) is 0 Å². The van der Waals surface area contributed by atoms with Crippen molar-refractivity contribution in [2.45, 2.75) is 19.1 Å². The Kier molecular flexibility index (Phi) is 4.11. The summed E-state index contributed by atoms with van der Waals surface area (Å²) >= 11 is 1.25. The van der Waals surface area contributed by atoms with Crippen LogP contribution in [-0.2, 0) is 4.79 Å². The smallest absolute Gasteiger partial charge is 0.256 e. The van der Waals surface area contributed by atoms with Crippen molar-refractivity contribution in [1.29, 1.82) is 0 Å². The maximum absolute atomic E-state index is 11.8. The van der Waals surface area contributed by atoms with Crippen molar-refractivity contribution >= 4 is 29.0 Å². The molecular weight excluding hydrogens is 262 g/mol. The van der Waals surface area contributed by atoms with Crippen LogP contribution in [0.2, 0.25) is 0 Å². The quantitative estimate of drug-likeness (QED) is 0.663.